The molecular weight excluding hydrogens is 398 g/mol. The van der Waals surface area contributed by atoms with E-state index in [0.29, 0.717) is 23.9 Å². The van der Waals surface area contributed by atoms with Crippen molar-refractivity contribution in [1.29, 1.82) is 0 Å². The topological polar surface area (TPSA) is 64.3 Å². The standard InChI is InChI=1S/C26H33N5O/c1-19(2)18-30-13-15-31(16-14-30)23-11-9-22(10-12-23)28-26-27-20(3)24(25(32)29-26)17-21-7-5-4-6-8-21/h4-12,19H,13-18H2,1-3H3,(H2,27,28,29,32). The summed E-state index contributed by atoms with van der Waals surface area (Å²) < 4.78 is 0. The van der Waals surface area contributed by atoms with Crippen molar-refractivity contribution >= 4 is 17.3 Å². The van der Waals surface area contributed by atoms with Crippen LogP contribution in [0.4, 0.5) is 17.3 Å². The summed E-state index contributed by atoms with van der Waals surface area (Å²) in [7, 11) is 0. The molecule has 0 atom stereocenters. The zero-order valence-electron chi connectivity index (χ0n) is 19.3. The number of piperazine rings is 1. The third-order valence-corrected chi connectivity index (χ3v) is 5.94. The summed E-state index contributed by atoms with van der Waals surface area (Å²) in [6.07, 6.45) is 0.578. The molecule has 0 amide bonds. The van der Waals surface area contributed by atoms with E-state index in [1.807, 2.05) is 49.4 Å². The number of nitrogens with one attached hydrogen (secondary N) is 2. The van der Waals surface area contributed by atoms with Gasteiger partial charge in [-0.2, -0.15) is 0 Å². The molecule has 0 radical (unpaired) electrons. The molecular formula is C26H33N5O. The second-order valence-electron chi connectivity index (χ2n) is 8.99. The molecule has 2 heterocycles. The minimum atomic E-state index is -0.0975. The Morgan fingerprint density at radius 1 is 1.00 bits per heavy atom. The van der Waals surface area contributed by atoms with Gasteiger partial charge >= 0.3 is 0 Å². The maximum Gasteiger partial charge on any atom is 0.256 e. The fraction of sp³-hybridized carbons (Fsp3) is 0.385. The van der Waals surface area contributed by atoms with E-state index >= 15 is 0 Å². The predicted molar refractivity (Wildman–Crippen MR) is 132 cm³/mol. The second kappa shape index (κ2) is 10.0. The van der Waals surface area contributed by atoms with Crippen molar-refractivity contribution in [3.8, 4) is 0 Å². The van der Waals surface area contributed by atoms with Crippen LogP contribution in [0.2, 0.25) is 0 Å². The molecule has 6 nitrogen and oxygen atoms in total. The fourth-order valence-electron chi connectivity index (χ4n) is 4.28. The summed E-state index contributed by atoms with van der Waals surface area (Å²) in [5.41, 5.74) is 4.59. The Kier molecular flexibility index (Phi) is 6.90. The molecule has 6 heteroatoms. The molecule has 32 heavy (non-hydrogen) atoms. The van der Waals surface area contributed by atoms with Crippen LogP contribution in [0.15, 0.2) is 59.4 Å². The molecule has 0 aliphatic carbocycles. The summed E-state index contributed by atoms with van der Waals surface area (Å²) in [6.45, 7) is 11.9. The van der Waals surface area contributed by atoms with E-state index in [1.54, 1.807) is 0 Å². The molecule has 1 saturated heterocycles. The van der Waals surface area contributed by atoms with Gasteiger partial charge in [0.15, 0.2) is 0 Å². The van der Waals surface area contributed by atoms with Crippen molar-refractivity contribution in [3.63, 3.8) is 0 Å². The SMILES string of the molecule is Cc1nc(Nc2ccc(N3CCN(CC(C)C)CC3)cc2)[nH]c(=O)c1Cc1ccccc1. The molecule has 4 rings (SSSR count). The Bertz CT molecular complexity index is 1070. The highest BCUT2D eigenvalue weighted by atomic mass is 16.1. The van der Waals surface area contributed by atoms with Gasteiger partial charge in [0.2, 0.25) is 5.95 Å². The molecule has 0 bridgehead atoms. The summed E-state index contributed by atoms with van der Waals surface area (Å²) in [4.78, 5) is 25.1. The number of H-pyrrole nitrogens is 1. The number of aromatic amines is 1. The first-order chi connectivity index (χ1) is 15.5. The van der Waals surface area contributed by atoms with Crippen LogP contribution in [-0.2, 0) is 6.42 Å². The van der Waals surface area contributed by atoms with Crippen molar-refractivity contribution in [3.05, 3.63) is 81.8 Å². The number of hydrogen-bond acceptors (Lipinski definition) is 5. The molecule has 2 aromatic carbocycles. The Labute approximate surface area is 190 Å². The van der Waals surface area contributed by atoms with Crippen molar-refractivity contribution in [2.45, 2.75) is 27.2 Å². The highest BCUT2D eigenvalue weighted by Crippen LogP contribution is 2.21. The van der Waals surface area contributed by atoms with Crippen molar-refractivity contribution < 1.29 is 0 Å². The zero-order chi connectivity index (χ0) is 22.5. The number of rotatable bonds is 7. The van der Waals surface area contributed by atoms with Crippen LogP contribution < -0.4 is 15.8 Å². The number of benzene rings is 2. The van der Waals surface area contributed by atoms with Crippen LogP contribution in [0, 0.1) is 12.8 Å². The van der Waals surface area contributed by atoms with Crippen LogP contribution in [0.5, 0.6) is 0 Å². The quantitative estimate of drug-likeness (QED) is 0.587. The maximum absolute atomic E-state index is 12.7. The van der Waals surface area contributed by atoms with Crippen LogP contribution in [0.25, 0.3) is 0 Å². The lowest BCUT2D eigenvalue weighted by Crippen LogP contribution is -2.47. The average molecular weight is 432 g/mol. The average Bonchev–Trinajstić information content (AvgIpc) is 2.78. The summed E-state index contributed by atoms with van der Waals surface area (Å²) in [6, 6.07) is 18.3. The first-order valence-electron chi connectivity index (χ1n) is 11.5. The Hall–Kier alpha value is -3.12. The fourth-order valence-corrected chi connectivity index (χ4v) is 4.28. The van der Waals surface area contributed by atoms with E-state index in [4.69, 9.17) is 0 Å². The highest BCUT2D eigenvalue weighted by Gasteiger charge is 2.17. The van der Waals surface area contributed by atoms with E-state index < -0.39 is 0 Å². The van der Waals surface area contributed by atoms with Gasteiger partial charge in [-0.05, 0) is 42.7 Å². The van der Waals surface area contributed by atoms with Crippen LogP contribution in [0.1, 0.15) is 30.7 Å². The van der Waals surface area contributed by atoms with Crippen LogP contribution >= 0.6 is 0 Å². The van der Waals surface area contributed by atoms with Gasteiger partial charge in [-0.3, -0.25) is 14.7 Å². The van der Waals surface area contributed by atoms with Gasteiger partial charge in [-0.15, -0.1) is 0 Å². The minimum absolute atomic E-state index is 0.0975. The zero-order valence-corrected chi connectivity index (χ0v) is 19.3. The smallest absolute Gasteiger partial charge is 0.256 e. The van der Waals surface area contributed by atoms with Crippen molar-refractivity contribution in [2.24, 2.45) is 5.92 Å². The molecule has 2 N–H and O–H groups in total. The number of nitrogens with zero attached hydrogens (tertiary/aromatic N) is 3. The van der Waals surface area contributed by atoms with E-state index in [-0.39, 0.29) is 5.56 Å². The second-order valence-corrected chi connectivity index (χ2v) is 8.99. The van der Waals surface area contributed by atoms with Crippen molar-refractivity contribution in [1.82, 2.24) is 14.9 Å². The van der Waals surface area contributed by atoms with Gasteiger partial charge in [0.25, 0.3) is 5.56 Å². The lowest BCUT2D eigenvalue weighted by atomic mass is 10.1. The highest BCUT2D eigenvalue weighted by molar-refractivity contribution is 5.59. The Morgan fingerprint density at radius 3 is 2.31 bits per heavy atom. The number of anilines is 3. The first-order valence-corrected chi connectivity index (χ1v) is 11.5. The molecule has 0 saturated carbocycles. The largest absolute Gasteiger partial charge is 0.369 e. The van der Waals surface area contributed by atoms with E-state index in [2.05, 4.69) is 51.1 Å². The summed E-state index contributed by atoms with van der Waals surface area (Å²) in [5, 5.41) is 3.24. The van der Waals surface area contributed by atoms with Gasteiger partial charge < -0.3 is 10.2 Å². The molecule has 168 valence electrons. The number of aryl methyl sites for hydroxylation is 1. The van der Waals surface area contributed by atoms with Crippen LogP contribution in [-0.4, -0.2) is 47.6 Å². The minimum Gasteiger partial charge on any atom is -0.369 e. The Morgan fingerprint density at radius 2 is 1.69 bits per heavy atom. The van der Waals surface area contributed by atoms with Gasteiger partial charge in [-0.25, -0.2) is 4.98 Å². The first kappa shape index (κ1) is 22.1. The lowest BCUT2D eigenvalue weighted by molar-refractivity contribution is 0.231. The number of aromatic nitrogens is 2. The molecule has 1 fully saturated rings. The predicted octanol–water partition coefficient (Wildman–Crippen LogP) is 4.19. The van der Waals surface area contributed by atoms with Gasteiger partial charge in [0.1, 0.15) is 0 Å². The lowest BCUT2D eigenvalue weighted by Gasteiger charge is -2.36. The molecule has 1 aliphatic heterocycles. The molecule has 0 spiro atoms. The summed E-state index contributed by atoms with van der Waals surface area (Å²) >= 11 is 0. The molecule has 1 aromatic heterocycles. The third kappa shape index (κ3) is 5.56. The maximum atomic E-state index is 12.7. The van der Waals surface area contributed by atoms with Gasteiger partial charge in [0.05, 0.1) is 5.69 Å². The molecule has 0 unspecified atom stereocenters. The molecule has 1 aliphatic rings. The van der Waals surface area contributed by atoms with Gasteiger partial charge in [0, 0.05) is 56.1 Å². The van der Waals surface area contributed by atoms with Crippen molar-refractivity contribution in [2.75, 3.05) is 42.9 Å². The Balaban J connectivity index is 1.39. The van der Waals surface area contributed by atoms with Gasteiger partial charge in [-0.1, -0.05) is 44.2 Å². The normalized spacial score (nSPS) is 14.7. The monoisotopic (exact) mass is 431 g/mol. The summed E-state index contributed by atoms with van der Waals surface area (Å²) in [5.74, 6) is 1.18. The van der Waals surface area contributed by atoms with E-state index in [1.165, 1.54) is 12.2 Å². The molecule has 3 aromatic rings. The van der Waals surface area contributed by atoms with E-state index in [0.717, 1.165) is 43.1 Å². The number of hydrogen-bond donors (Lipinski definition) is 2. The van der Waals surface area contributed by atoms with E-state index in [9.17, 15) is 4.79 Å². The van der Waals surface area contributed by atoms with Crippen LogP contribution in [0.3, 0.4) is 0 Å². The third-order valence-electron chi connectivity index (χ3n) is 5.94.